The molecule has 34 heavy (non-hydrogen) atoms. The van der Waals surface area contributed by atoms with E-state index in [9.17, 15) is 9.59 Å². The Kier molecular flexibility index (Phi) is 8.15. The van der Waals surface area contributed by atoms with Gasteiger partial charge in [0.25, 0.3) is 5.91 Å². The Balaban J connectivity index is 1.38. The first kappa shape index (κ1) is 24.6. The molecular weight excluding hydrogens is 474 g/mol. The largest absolute Gasteiger partial charge is 0.497 e. The minimum absolute atomic E-state index is 0.0146. The second kappa shape index (κ2) is 11.3. The van der Waals surface area contributed by atoms with Gasteiger partial charge in [0.2, 0.25) is 5.91 Å². The van der Waals surface area contributed by atoms with Crippen LogP contribution in [0.5, 0.6) is 5.75 Å². The normalized spacial score (nSPS) is 18.7. The number of amides is 2. The van der Waals surface area contributed by atoms with Crippen molar-refractivity contribution in [3.05, 3.63) is 41.0 Å². The van der Waals surface area contributed by atoms with E-state index < -0.39 is 0 Å². The highest BCUT2D eigenvalue weighted by molar-refractivity contribution is 7.99. The predicted molar refractivity (Wildman–Crippen MR) is 134 cm³/mol. The number of thioether (sulfide) groups is 1. The molecule has 3 heterocycles. The van der Waals surface area contributed by atoms with E-state index in [4.69, 9.17) is 16.3 Å². The third-order valence-electron chi connectivity index (χ3n) is 6.22. The van der Waals surface area contributed by atoms with E-state index in [0.29, 0.717) is 52.8 Å². The Morgan fingerprint density at radius 2 is 1.91 bits per heavy atom. The van der Waals surface area contributed by atoms with Gasteiger partial charge >= 0.3 is 0 Å². The third kappa shape index (κ3) is 5.93. The lowest BCUT2D eigenvalue weighted by atomic mass is 10.1. The lowest BCUT2D eigenvalue weighted by Crippen LogP contribution is -2.54. The number of hydrogen-bond acceptors (Lipinski definition) is 7. The number of piperidine rings is 1. The van der Waals surface area contributed by atoms with E-state index >= 15 is 0 Å². The van der Waals surface area contributed by atoms with Crippen LogP contribution >= 0.6 is 23.4 Å². The second-order valence-corrected chi connectivity index (χ2v) is 9.92. The quantitative estimate of drug-likeness (QED) is 0.338. The van der Waals surface area contributed by atoms with Crippen LogP contribution in [0.3, 0.4) is 0 Å². The molecule has 0 radical (unpaired) electrons. The lowest BCUT2D eigenvalue weighted by Gasteiger charge is -2.40. The fraction of sp³-hybridized carbons (Fsp3) is 0.500. The number of hydrogen-bond donors (Lipinski definition) is 0. The van der Waals surface area contributed by atoms with Gasteiger partial charge in [-0.1, -0.05) is 29.4 Å². The zero-order chi connectivity index (χ0) is 24.1. The van der Waals surface area contributed by atoms with Gasteiger partial charge in [0.15, 0.2) is 5.16 Å². The second-order valence-electron chi connectivity index (χ2n) is 8.59. The summed E-state index contributed by atoms with van der Waals surface area (Å²) in [6.07, 6.45) is 3.33. The number of rotatable bonds is 6. The number of anilines is 1. The van der Waals surface area contributed by atoms with Gasteiger partial charge in [-0.05, 0) is 44.4 Å². The molecule has 1 aromatic heterocycles. The van der Waals surface area contributed by atoms with Crippen molar-refractivity contribution in [1.29, 1.82) is 0 Å². The lowest BCUT2D eigenvalue weighted by molar-refractivity contribution is -0.129. The van der Waals surface area contributed by atoms with Gasteiger partial charge in [-0.3, -0.25) is 9.59 Å². The first-order valence-electron chi connectivity index (χ1n) is 11.6. The fourth-order valence-corrected chi connectivity index (χ4v) is 5.35. The zero-order valence-corrected chi connectivity index (χ0v) is 21.1. The molecule has 4 rings (SSSR count). The maximum Gasteiger partial charge on any atom is 0.254 e. The smallest absolute Gasteiger partial charge is 0.254 e. The molecule has 1 aromatic carbocycles. The molecule has 0 spiro atoms. The van der Waals surface area contributed by atoms with Crippen molar-refractivity contribution in [2.24, 2.45) is 0 Å². The number of carbonyl (C=O) groups is 2. The Morgan fingerprint density at radius 1 is 1.12 bits per heavy atom. The number of methoxy groups -OCH3 is 1. The van der Waals surface area contributed by atoms with Gasteiger partial charge in [-0.2, -0.15) is 0 Å². The van der Waals surface area contributed by atoms with Crippen LogP contribution in [0.25, 0.3) is 0 Å². The van der Waals surface area contributed by atoms with E-state index in [2.05, 4.69) is 14.9 Å². The van der Waals surface area contributed by atoms with Crippen LogP contribution in [0, 0.1) is 0 Å². The van der Waals surface area contributed by atoms with E-state index in [0.717, 1.165) is 25.9 Å². The van der Waals surface area contributed by atoms with Crippen molar-refractivity contribution in [1.82, 2.24) is 19.8 Å². The van der Waals surface area contributed by atoms with Gasteiger partial charge in [0, 0.05) is 50.4 Å². The van der Waals surface area contributed by atoms with Crippen LogP contribution in [-0.4, -0.2) is 83.2 Å². The van der Waals surface area contributed by atoms with Gasteiger partial charge < -0.3 is 19.4 Å². The molecule has 182 valence electrons. The van der Waals surface area contributed by atoms with Crippen molar-refractivity contribution >= 4 is 41.0 Å². The van der Waals surface area contributed by atoms with Gasteiger partial charge in [0.1, 0.15) is 16.7 Å². The summed E-state index contributed by atoms with van der Waals surface area (Å²) in [7, 11) is 1.59. The molecule has 0 aliphatic carbocycles. The van der Waals surface area contributed by atoms with E-state index in [1.165, 1.54) is 18.2 Å². The van der Waals surface area contributed by atoms with E-state index in [-0.39, 0.29) is 17.9 Å². The number of ether oxygens (including phenoxy) is 1. The number of benzene rings is 1. The zero-order valence-electron chi connectivity index (χ0n) is 19.6. The van der Waals surface area contributed by atoms with Crippen LogP contribution in [0.2, 0.25) is 5.15 Å². The Bertz CT molecular complexity index is 1030. The van der Waals surface area contributed by atoms with Gasteiger partial charge in [-0.25, -0.2) is 9.97 Å². The topological polar surface area (TPSA) is 78.9 Å². The average Bonchev–Trinajstić information content (AvgIpc) is 2.87. The maximum atomic E-state index is 13.1. The van der Waals surface area contributed by atoms with Crippen molar-refractivity contribution < 1.29 is 14.3 Å². The predicted octanol–water partition coefficient (Wildman–Crippen LogP) is 3.59. The van der Waals surface area contributed by atoms with Crippen molar-refractivity contribution in [3.63, 3.8) is 0 Å². The average molecular weight is 504 g/mol. The number of carbonyl (C=O) groups excluding carboxylic acids is 2. The van der Waals surface area contributed by atoms with E-state index in [1.807, 2.05) is 34.9 Å². The molecule has 2 amide bonds. The first-order chi connectivity index (χ1) is 16.4. The van der Waals surface area contributed by atoms with Gasteiger partial charge in [0.05, 0.1) is 12.9 Å². The Hall–Kier alpha value is -2.52. The van der Waals surface area contributed by atoms with Crippen molar-refractivity contribution in [3.8, 4) is 5.75 Å². The molecule has 0 saturated carbocycles. The van der Waals surface area contributed by atoms with Crippen LogP contribution in [-0.2, 0) is 4.79 Å². The number of likely N-dealkylation sites (tertiary alicyclic amines) is 1. The molecule has 2 fully saturated rings. The molecule has 0 bridgehead atoms. The summed E-state index contributed by atoms with van der Waals surface area (Å²) in [4.78, 5) is 40.5. The first-order valence-corrected chi connectivity index (χ1v) is 13.0. The minimum atomic E-state index is -0.0158. The molecule has 8 nitrogen and oxygen atoms in total. The minimum Gasteiger partial charge on any atom is -0.497 e. The molecule has 2 aliphatic rings. The van der Waals surface area contributed by atoms with Gasteiger partial charge in [-0.15, -0.1) is 0 Å². The fourth-order valence-electron chi connectivity index (χ4n) is 4.36. The van der Waals surface area contributed by atoms with Crippen LogP contribution in [0.15, 0.2) is 35.5 Å². The number of aromatic nitrogens is 2. The number of nitrogens with zero attached hydrogens (tertiary/aromatic N) is 5. The Labute approximate surface area is 209 Å². The molecule has 0 N–H and O–H groups in total. The maximum absolute atomic E-state index is 13.1. The molecule has 1 unspecified atom stereocenters. The highest BCUT2D eigenvalue weighted by Gasteiger charge is 2.29. The standard InChI is InChI=1S/C24H30ClN5O3S/c1-17-15-29(11-12-30(17)23(32)18-7-6-8-19(13-18)33-2)21-14-20(25)26-24(27-21)34-16-22(31)28-9-4-3-5-10-28/h6-8,13-14,17H,3-5,9-12,15-16H2,1-2H3. The SMILES string of the molecule is COc1cccc(C(=O)N2CCN(c3cc(Cl)nc(SCC(=O)N4CCCCC4)n3)CC2C)c1. The number of piperazine rings is 1. The van der Waals surface area contributed by atoms with Crippen molar-refractivity contribution in [2.75, 3.05) is 50.5 Å². The highest BCUT2D eigenvalue weighted by Crippen LogP contribution is 2.25. The summed E-state index contributed by atoms with van der Waals surface area (Å²) in [6.45, 7) is 5.51. The summed E-state index contributed by atoms with van der Waals surface area (Å²) in [5.41, 5.74) is 0.613. The molecule has 2 aliphatic heterocycles. The summed E-state index contributed by atoms with van der Waals surface area (Å²) >= 11 is 7.62. The summed E-state index contributed by atoms with van der Waals surface area (Å²) in [5, 5.41) is 0.843. The van der Waals surface area contributed by atoms with Crippen LogP contribution in [0.4, 0.5) is 5.82 Å². The summed E-state index contributed by atoms with van der Waals surface area (Å²) in [6, 6.07) is 8.95. The van der Waals surface area contributed by atoms with Crippen molar-refractivity contribution in [2.45, 2.75) is 37.4 Å². The third-order valence-corrected chi connectivity index (χ3v) is 7.25. The van der Waals surface area contributed by atoms with E-state index in [1.54, 1.807) is 19.2 Å². The molecule has 2 aromatic rings. The summed E-state index contributed by atoms with van der Waals surface area (Å²) < 4.78 is 5.25. The monoisotopic (exact) mass is 503 g/mol. The van der Waals surface area contributed by atoms with Crippen LogP contribution < -0.4 is 9.64 Å². The molecule has 1 atom stereocenters. The molecule has 10 heteroatoms. The Morgan fingerprint density at radius 3 is 2.65 bits per heavy atom. The molecule has 2 saturated heterocycles. The number of halogens is 1. The molecular formula is C24H30ClN5O3S. The summed E-state index contributed by atoms with van der Waals surface area (Å²) in [5.74, 6) is 1.79. The van der Waals surface area contributed by atoms with Crippen LogP contribution in [0.1, 0.15) is 36.5 Å². The highest BCUT2D eigenvalue weighted by atomic mass is 35.5.